The molecule has 2 aliphatic heterocycles. The normalized spacial score (nSPS) is 46.9. The maximum atomic E-state index is 4.12. The van der Waals surface area contributed by atoms with Crippen LogP contribution < -0.4 is 5.43 Å². The molecule has 5 fully saturated rings. The van der Waals surface area contributed by atoms with Gasteiger partial charge in [-0.3, -0.25) is 5.43 Å². The topological polar surface area (TPSA) is 15.3 Å². The Balaban J connectivity index is 1.27. The molecule has 3 aliphatic carbocycles. The highest BCUT2D eigenvalue weighted by atomic mass is 15.5. The summed E-state index contributed by atoms with van der Waals surface area (Å²) in [7, 11) is 0. The Morgan fingerprint density at radius 2 is 1.19 bits per heavy atom. The molecule has 2 bridgehead atoms. The average molecular weight is 373 g/mol. The molecule has 2 heterocycles. The fourth-order valence-corrected chi connectivity index (χ4v) is 7.47. The molecule has 0 amide bonds. The Kier molecular flexibility index (Phi) is 6.12. The number of hydrogen-bond donors (Lipinski definition) is 1. The van der Waals surface area contributed by atoms with E-state index in [1.54, 1.807) is 25.7 Å². The summed E-state index contributed by atoms with van der Waals surface area (Å²) < 4.78 is 0. The van der Waals surface area contributed by atoms with Gasteiger partial charge in [0.05, 0.1) is 0 Å². The molecule has 154 valence electrons. The van der Waals surface area contributed by atoms with E-state index in [-0.39, 0.29) is 0 Å². The zero-order valence-electron chi connectivity index (χ0n) is 17.7. The van der Waals surface area contributed by atoms with Gasteiger partial charge in [0, 0.05) is 18.6 Å². The van der Waals surface area contributed by atoms with E-state index in [1.807, 2.05) is 0 Å². The molecule has 7 atom stereocenters. The fraction of sp³-hybridized carbons (Fsp3) is 1.00. The molecule has 0 radical (unpaired) electrons. The molecular weight excluding hydrogens is 328 g/mol. The van der Waals surface area contributed by atoms with Crippen LogP contribution >= 0.6 is 0 Å². The summed E-state index contributed by atoms with van der Waals surface area (Å²) in [5, 5.41) is 2.80. The summed E-state index contributed by atoms with van der Waals surface area (Å²) in [6.07, 6.45) is 25.7. The van der Waals surface area contributed by atoms with Gasteiger partial charge in [-0.25, -0.2) is 5.01 Å². The summed E-state index contributed by atoms with van der Waals surface area (Å²) in [5.74, 6) is 5.22. The lowest BCUT2D eigenvalue weighted by molar-refractivity contribution is -0.000866. The second-order valence-corrected chi connectivity index (χ2v) is 11.1. The number of hydrazine groups is 1. The third-order valence-corrected chi connectivity index (χ3v) is 9.60. The fourth-order valence-electron chi connectivity index (χ4n) is 7.47. The van der Waals surface area contributed by atoms with Crippen molar-refractivity contribution >= 4 is 0 Å². The van der Waals surface area contributed by atoms with E-state index >= 15 is 0 Å². The van der Waals surface area contributed by atoms with Gasteiger partial charge < -0.3 is 0 Å². The van der Waals surface area contributed by atoms with Crippen molar-refractivity contribution in [2.24, 2.45) is 29.6 Å². The van der Waals surface area contributed by atoms with Gasteiger partial charge in [0.2, 0.25) is 0 Å². The second-order valence-electron chi connectivity index (χ2n) is 11.1. The lowest BCUT2D eigenvalue weighted by atomic mass is 9.68. The van der Waals surface area contributed by atoms with Gasteiger partial charge in [0.15, 0.2) is 0 Å². The molecule has 27 heavy (non-hydrogen) atoms. The first-order valence-corrected chi connectivity index (χ1v) is 12.9. The van der Waals surface area contributed by atoms with Crippen molar-refractivity contribution in [3.05, 3.63) is 0 Å². The molecule has 2 nitrogen and oxygen atoms in total. The van der Waals surface area contributed by atoms with Gasteiger partial charge in [-0.05, 0) is 87.4 Å². The van der Waals surface area contributed by atoms with Crippen molar-refractivity contribution in [3.63, 3.8) is 0 Å². The van der Waals surface area contributed by atoms with Crippen LogP contribution in [0.2, 0.25) is 0 Å². The Morgan fingerprint density at radius 3 is 1.96 bits per heavy atom. The first-order chi connectivity index (χ1) is 13.4. The number of fused-ring (bicyclic) bond motifs is 3. The van der Waals surface area contributed by atoms with Crippen molar-refractivity contribution < 1.29 is 0 Å². The maximum absolute atomic E-state index is 4.12. The van der Waals surface area contributed by atoms with E-state index < -0.39 is 0 Å². The monoisotopic (exact) mass is 372 g/mol. The van der Waals surface area contributed by atoms with Crippen LogP contribution in [0.5, 0.6) is 0 Å². The third kappa shape index (κ3) is 4.27. The van der Waals surface area contributed by atoms with Gasteiger partial charge >= 0.3 is 0 Å². The van der Waals surface area contributed by atoms with Crippen LogP contribution in [0.3, 0.4) is 0 Å². The van der Waals surface area contributed by atoms with Crippen LogP contribution in [0.1, 0.15) is 109 Å². The largest absolute Gasteiger partial charge is 0.252 e. The minimum absolute atomic E-state index is 0.813. The number of rotatable bonds is 0. The second kappa shape index (κ2) is 8.74. The van der Waals surface area contributed by atoms with Crippen molar-refractivity contribution in [1.29, 1.82) is 0 Å². The summed E-state index contributed by atoms with van der Waals surface area (Å²) in [6.45, 7) is 1.32. The highest BCUT2D eigenvalue weighted by Crippen LogP contribution is 2.44. The highest BCUT2D eigenvalue weighted by Gasteiger charge is 2.39. The molecule has 0 aromatic carbocycles. The van der Waals surface area contributed by atoms with Gasteiger partial charge in [0.25, 0.3) is 0 Å². The number of nitrogens with one attached hydrogen (secondary N) is 1. The van der Waals surface area contributed by atoms with Crippen LogP contribution in [0, 0.1) is 29.6 Å². The highest BCUT2D eigenvalue weighted by molar-refractivity contribution is 4.92. The standard InChI is InChI=1S/C25H44N2/c1-2-8-22-15-16-24(22)26-27-17-4-3-9-23-12-11-19(18-25(23)27)6-5-10-21-14-13-20(21)7-1/h19-26H,1-18H2. The molecule has 0 spiro atoms. The maximum Gasteiger partial charge on any atom is 0.0274 e. The van der Waals surface area contributed by atoms with E-state index in [4.69, 9.17) is 0 Å². The zero-order chi connectivity index (χ0) is 18.1. The minimum atomic E-state index is 0.813. The molecule has 7 unspecified atom stereocenters. The molecule has 0 aromatic rings. The van der Waals surface area contributed by atoms with Crippen LogP contribution in [0.4, 0.5) is 0 Å². The lowest BCUT2D eigenvalue weighted by Gasteiger charge is -2.47. The molecule has 1 N–H and O–H groups in total. The molecule has 2 heteroatoms. The quantitative estimate of drug-likeness (QED) is 0.536. The van der Waals surface area contributed by atoms with E-state index in [0.717, 1.165) is 41.7 Å². The van der Waals surface area contributed by atoms with Crippen LogP contribution in [0.15, 0.2) is 0 Å². The smallest absolute Gasteiger partial charge is 0.0274 e. The third-order valence-electron chi connectivity index (χ3n) is 9.60. The van der Waals surface area contributed by atoms with Gasteiger partial charge in [-0.2, -0.15) is 0 Å². The Morgan fingerprint density at radius 1 is 0.519 bits per heavy atom. The summed E-state index contributed by atoms with van der Waals surface area (Å²) in [6, 6.07) is 1.67. The van der Waals surface area contributed by atoms with Crippen molar-refractivity contribution in [3.8, 4) is 0 Å². The zero-order valence-corrected chi connectivity index (χ0v) is 17.7. The Labute approximate surface area is 168 Å². The Hall–Kier alpha value is -0.0800. The van der Waals surface area contributed by atoms with E-state index in [1.165, 1.54) is 90.0 Å². The summed E-state index contributed by atoms with van der Waals surface area (Å²) in [4.78, 5) is 0. The van der Waals surface area contributed by atoms with Gasteiger partial charge in [-0.1, -0.05) is 51.4 Å². The summed E-state index contributed by atoms with van der Waals surface area (Å²) >= 11 is 0. The number of nitrogens with zero attached hydrogens (tertiary/aromatic N) is 1. The minimum Gasteiger partial charge on any atom is -0.252 e. The average Bonchev–Trinajstić information content (AvgIpc) is 2.85. The first kappa shape index (κ1) is 18.9. The van der Waals surface area contributed by atoms with Gasteiger partial charge in [0.1, 0.15) is 0 Å². The number of hydrogen-bond acceptors (Lipinski definition) is 2. The van der Waals surface area contributed by atoms with Crippen LogP contribution in [-0.4, -0.2) is 23.6 Å². The first-order valence-electron chi connectivity index (χ1n) is 12.9. The van der Waals surface area contributed by atoms with E-state index in [0.29, 0.717) is 0 Å². The summed E-state index contributed by atoms with van der Waals surface area (Å²) in [5.41, 5.74) is 4.12. The van der Waals surface area contributed by atoms with Crippen molar-refractivity contribution in [2.45, 2.75) is 121 Å². The van der Waals surface area contributed by atoms with E-state index in [2.05, 4.69) is 10.4 Å². The van der Waals surface area contributed by atoms with Crippen LogP contribution in [-0.2, 0) is 0 Å². The van der Waals surface area contributed by atoms with Crippen molar-refractivity contribution in [1.82, 2.24) is 10.4 Å². The Bertz CT molecular complexity index is 477. The van der Waals surface area contributed by atoms with E-state index in [9.17, 15) is 0 Å². The predicted molar refractivity (Wildman–Crippen MR) is 113 cm³/mol. The van der Waals surface area contributed by atoms with Crippen molar-refractivity contribution in [2.75, 3.05) is 6.54 Å². The molecule has 5 rings (SSSR count). The molecule has 2 saturated heterocycles. The SMILES string of the molecule is C1CCC2CCC2NN2CCCCC3CCC(CCCC4CCC4C1)CC32. The molecule has 0 aromatic heterocycles. The lowest BCUT2D eigenvalue weighted by Crippen LogP contribution is -2.58. The predicted octanol–water partition coefficient (Wildman–Crippen LogP) is 6.31. The van der Waals surface area contributed by atoms with Gasteiger partial charge in [-0.15, -0.1) is 0 Å². The molecular formula is C25H44N2. The molecule has 5 aliphatic rings. The molecule has 3 saturated carbocycles. The van der Waals surface area contributed by atoms with Crippen LogP contribution in [0.25, 0.3) is 0 Å².